The Labute approximate surface area is 178 Å². The molecule has 0 aliphatic heterocycles. The van der Waals surface area contributed by atoms with Crippen molar-refractivity contribution in [1.82, 2.24) is 4.98 Å². The van der Waals surface area contributed by atoms with Crippen molar-refractivity contribution >= 4 is 21.8 Å². The molecule has 0 amide bonds. The minimum atomic E-state index is 0.156. The Morgan fingerprint density at radius 3 is 1.21 bits per heavy atom. The lowest BCUT2D eigenvalue weighted by atomic mass is 9.72. The Morgan fingerprint density at radius 2 is 0.897 bits per heavy atom. The first-order chi connectivity index (χ1) is 13.1. The number of H-pyrrole nitrogens is 1. The van der Waals surface area contributed by atoms with Gasteiger partial charge in [0.1, 0.15) is 0 Å². The predicted molar refractivity (Wildman–Crippen MR) is 130 cm³/mol. The standard InChI is InChI=1S/C28H41N/c1-25(2,3)17-27(7,8)19-11-13-21-22-14-12-20(16-24(22)29-23(21)15-19)28(9,10)18-26(4,5)6/h11-16,29H,17-18H2,1-10H3. The molecular formula is C28H41N. The number of nitrogens with one attached hydrogen (secondary N) is 1. The highest BCUT2D eigenvalue weighted by atomic mass is 14.7. The third-order valence-corrected chi connectivity index (χ3v) is 6.11. The van der Waals surface area contributed by atoms with Gasteiger partial charge in [-0.25, -0.2) is 0 Å². The molecule has 1 heterocycles. The number of benzene rings is 2. The van der Waals surface area contributed by atoms with Crippen LogP contribution in [0.15, 0.2) is 36.4 Å². The quantitative estimate of drug-likeness (QED) is 0.457. The third kappa shape index (κ3) is 4.87. The van der Waals surface area contributed by atoms with Crippen molar-refractivity contribution in [2.45, 2.75) is 92.9 Å². The molecule has 0 saturated carbocycles. The van der Waals surface area contributed by atoms with E-state index in [9.17, 15) is 0 Å². The van der Waals surface area contributed by atoms with Crippen LogP contribution in [0.4, 0.5) is 0 Å². The first-order valence-electron chi connectivity index (χ1n) is 11.1. The van der Waals surface area contributed by atoms with E-state index in [2.05, 4.69) is 111 Å². The van der Waals surface area contributed by atoms with E-state index in [-0.39, 0.29) is 10.8 Å². The van der Waals surface area contributed by atoms with Crippen molar-refractivity contribution in [1.29, 1.82) is 0 Å². The van der Waals surface area contributed by atoms with Gasteiger partial charge in [0.05, 0.1) is 0 Å². The summed E-state index contributed by atoms with van der Waals surface area (Å²) in [6.07, 6.45) is 2.33. The van der Waals surface area contributed by atoms with E-state index in [1.54, 1.807) is 0 Å². The number of fused-ring (bicyclic) bond motifs is 3. The smallest absolute Gasteiger partial charge is 0.0467 e. The second-order valence-electron chi connectivity index (χ2n) is 12.9. The van der Waals surface area contributed by atoms with Gasteiger partial charge in [0.15, 0.2) is 0 Å². The van der Waals surface area contributed by atoms with Crippen LogP contribution in [0.3, 0.4) is 0 Å². The Kier molecular flexibility index (Phi) is 5.22. The maximum Gasteiger partial charge on any atom is 0.0467 e. The van der Waals surface area contributed by atoms with Gasteiger partial charge in [0.2, 0.25) is 0 Å². The Hall–Kier alpha value is -1.76. The molecule has 1 aromatic heterocycles. The summed E-state index contributed by atoms with van der Waals surface area (Å²) in [6.45, 7) is 23.5. The number of hydrogen-bond acceptors (Lipinski definition) is 0. The third-order valence-electron chi connectivity index (χ3n) is 6.11. The van der Waals surface area contributed by atoms with Gasteiger partial charge in [-0.2, -0.15) is 0 Å². The summed E-state index contributed by atoms with van der Waals surface area (Å²) < 4.78 is 0. The van der Waals surface area contributed by atoms with Crippen molar-refractivity contribution in [2.75, 3.05) is 0 Å². The molecule has 0 bridgehead atoms. The van der Waals surface area contributed by atoms with E-state index >= 15 is 0 Å². The van der Waals surface area contributed by atoms with Gasteiger partial charge < -0.3 is 4.98 Å². The van der Waals surface area contributed by atoms with E-state index in [4.69, 9.17) is 0 Å². The van der Waals surface area contributed by atoms with E-state index in [1.807, 2.05) is 0 Å². The molecule has 0 aliphatic carbocycles. The van der Waals surface area contributed by atoms with Gasteiger partial charge in [-0.1, -0.05) is 93.5 Å². The molecule has 0 fully saturated rings. The van der Waals surface area contributed by atoms with E-state index in [0.29, 0.717) is 10.8 Å². The van der Waals surface area contributed by atoms with Gasteiger partial charge in [0.25, 0.3) is 0 Å². The second-order valence-corrected chi connectivity index (χ2v) is 12.9. The molecule has 1 nitrogen and oxygen atoms in total. The number of rotatable bonds is 4. The average Bonchev–Trinajstić information content (AvgIpc) is 2.87. The highest BCUT2D eigenvalue weighted by Crippen LogP contribution is 2.40. The summed E-state index contributed by atoms with van der Waals surface area (Å²) in [5, 5.41) is 2.66. The van der Waals surface area contributed by atoms with Crippen LogP contribution in [-0.4, -0.2) is 4.98 Å². The summed E-state index contributed by atoms with van der Waals surface area (Å²) in [4.78, 5) is 3.73. The van der Waals surface area contributed by atoms with Crippen LogP contribution in [-0.2, 0) is 10.8 Å². The molecule has 0 atom stereocenters. The summed E-state index contributed by atoms with van der Waals surface area (Å²) in [7, 11) is 0. The maximum absolute atomic E-state index is 3.73. The van der Waals surface area contributed by atoms with Crippen LogP contribution < -0.4 is 0 Å². The first kappa shape index (κ1) is 21.9. The molecule has 1 heteroatoms. The fourth-order valence-corrected chi connectivity index (χ4v) is 5.61. The van der Waals surface area contributed by atoms with Crippen molar-refractivity contribution in [3.8, 4) is 0 Å². The van der Waals surface area contributed by atoms with E-state index in [1.165, 1.54) is 32.9 Å². The minimum Gasteiger partial charge on any atom is -0.354 e. The molecule has 1 N–H and O–H groups in total. The normalized spacial score (nSPS) is 14.1. The van der Waals surface area contributed by atoms with E-state index in [0.717, 1.165) is 12.8 Å². The molecule has 0 spiro atoms. The number of aromatic amines is 1. The van der Waals surface area contributed by atoms with Gasteiger partial charge >= 0.3 is 0 Å². The Morgan fingerprint density at radius 1 is 0.552 bits per heavy atom. The number of hydrogen-bond donors (Lipinski definition) is 1. The monoisotopic (exact) mass is 391 g/mol. The van der Waals surface area contributed by atoms with Crippen LogP contribution in [0.5, 0.6) is 0 Å². The van der Waals surface area contributed by atoms with Crippen LogP contribution >= 0.6 is 0 Å². The lowest BCUT2D eigenvalue weighted by Crippen LogP contribution is -2.24. The predicted octanol–water partition coefficient (Wildman–Crippen LogP) is 8.75. The highest BCUT2D eigenvalue weighted by Gasteiger charge is 2.29. The topological polar surface area (TPSA) is 15.8 Å². The molecular weight excluding hydrogens is 350 g/mol. The molecule has 3 rings (SSSR count). The molecule has 0 radical (unpaired) electrons. The van der Waals surface area contributed by atoms with Gasteiger partial charge in [-0.05, 0) is 57.8 Å². The zero-order valence-electron chi connectivity index (χ0n) is 20.4. The molecule has 158 valence electrons. The summed E-state index contributed by atoms with van der Waals surface area (Å²) >= 11 is 0. The fraction of sp³-hybridized carbons (Fsp3) is 0.571. The number of aromatic nitrogens is 1. The zero-order chi connectivity index (χ0) is 21.8. The largest absolute Gasteiger partial charge is 0.354 e. The summed E-state index contributed by atoms with van der Waals surface area (Å²) in [6, 6.07) is 14.0. The van der Waals surface area contributed by atoms with Gasteiger partial charge in [0, 0.05) is 21.8 Å². The van der Waals surface area contributed by atoms with Crippen LogP contribution in [0, 0.1) is 10.8 Å². The fourth-order valence-electron chi connectivity index (χ4n) is 5.61. The average molecular weight is 392 g/mol. The van der Waals surface area contributed by atoms with Crippen molar-refractivity contribution in [3.05, 3.63) is 47.5 Å². The van der Waals surface area contributed by atoms with Crippen LogP contribution in [0.2, 0.25) is 0 Å². The molecule has 3 aromatic rings. The molecule has 2 aromatic carbocycles. The molecule has 29 heavy (non-hydrogen) atoms. The van der Waals surface area contributed by atoms with Crippen molar-refractivity contribution in [3.63, 3.8) is 0 Å². The highest BCUT2D eigenvalue weighted by molar-refractivity contribution is 6.07. The molecule has 0 unspecified atom stereocenters. The summed E-state index contributed by atoms with van der Waals surface area (Å²) in [5.74, 6) is 0. The minimum absolute atomic E-state index is 0.156. The van der Waals surface area contributed by atoms with Gasteiger partial charge in [-0.15, -0.1) is 0 Å². The van der Waals surface area contributed by atoms with E-state index < -0.39 is 0 Å². The lowest BCUT2D eigenvalue weighted by molar-refractivity contribution is 0.284. The van der Waals surface area contributed by atoms with Gasteiger partial charge in [-0.3, -0.25) is 0 Å². The van der Waals surface area contributed by atoms with Crippen molar-refractivity contribution < 1.29 is 0 Å². The zero-order valence-corrected chi connectivity index (χ0v) is 20.4. The van der Waals surface area contributed by atoms with Crippen LogP contribution in [0.25, 0.3) is 21.8 Å². The Bertz CT molecular complexity index is 934. The summed E-state index contributed by atoms with van der Waals surface area (Å²) in [5.41, 5.74) is 6.28. The second kappa shape index (κ2) is 6.89. The molecule has 0 saturated heterocycles. The SMILES string of the molecule is CC(C)(C)CC(C)(C)c1ccc2c(c1)[nH]c1cc(C(C)(C)CC(C)(C)C)ccc12. The first-order valence-corrected chi connectivity index (χ1v) is 11.1. The van der Waals surface area contributed by atoms with Crippen LogP contribution in [0.1, 0.15) is 93.2 Å². The molecule has 0 aliphatic rings. The van der Waals surface area contributed by atoms with Crippen molar-refractivity contribution in [2.24, 2.45) is 10.8 Å². The maximum atomic E-state index is 3.73. The lowest BCUT2D eigenvalue weighted by Gasteiger charge is -2.33. The Balaban J connectivity index is 2.04.